The molecule has 2 fully saturated rings. The van der Waals surface area contributed by atoms with Gasteiger partial charge >= 0.3 is 6.03 Å². The quantitative estimate of drug-likeness (QED) is 0.881. The molecule has 1 aromatic rings. The van der Waals surface area contributed by atoms with Crippen LogP contribution < -0.4 is 10.6 Å². The number of benzene rings is 1. The van der Waals surface area contributed by atoms with Gasteiger partial charge in [0.05, 0.1) is 5.69 Å². The standard InChI is InChI=1S/C15H19F2N3O/c1-20-11-3-4-12(20)8-10(7-11)18-15(21)19-14-5-2-9(16)6-13(14)17/h2,5-6,10-12H,3-4,7-8H2,1H3,(H2,18,19,21). The number of carbonyl (C=O) groups is 1. The molecule has 6 heteroatoms. The van der Waals surface area contributed by atoms with Crippen LogP contribution in [0.3, 0.4) is 0 Å². The summed E-state index contributed by atoms with van der Waals surface area (Å²) in [7, 11) is 2.13. The smallest absolute Gasteiger partial charge is 0.319 e. The van der Waals surface area contributed by atoms with Gasteiger partial charge in [0, 0.05) is 24.2 Å². The SMILES string of the molecule is CN1C2CCC1CC(NC(=O)Nc1ccc(F)cc1F)C2. The van der Waals surface area contributed by atoms with Gasteiger partial charge in [0.15, 0.2) is 0 Å². The Morgan fingerprint density at radius 3 is 2.52 bits per heavy atom. The molecule has 4 nitrogen and oxygen atoms in total. The van der Waals surface area contributed by atoms with Gasteiger partial charge in [-0.1, -0.05) is 0 Å². The molecule has 114 valence electrons. The number of urea groups is 1. The highest BCUT2D eigenvalue weighted by Crippen LogP contribution is 2.34. The molecular weight excluding hydrogens is 276 g/mol. The highest BCUT2D eigenvalue weighted by atomic mass is 19.1. The summed E-state index contributed by atoms with van der Waals surface area (Å²) >= 11 is 0. The predicted octanol–water partition coefficient (Wildman–Crippen LogP) is 2.71. The Labute approximate surface area is 122 Å². The van der Waals surface area contributed by atoms with E-state index in [0.717, 1.165) is 25.0 Å². The first-order valence-electron chi connectivity index (χ1n) is 7.27. The summed E-state index contributed by atoms with van der Waals surface area (Å²) in [6, 6.07) is 3.83. The van der Waals surface area contributed by atoms with Crippen molar-refractivity contribution in [1.29, 1.82) is 0 Å². The highest BCUT2D eigenvalue weighted by Gasteiger charge is 2.38. The fraction of sp³-hybridized carbons (Fsp3) is 0.533. The molecular formula is C15H19F2N3O. The molecule has 21 heavy (non-hydrogen) atoms. The van der Waals surface area contributed by atoms with Crippen molar-refractivity contribution in [3.8, 4) is 0 Å². The lowest BCUT2D eigenvalue weighted by atomic mass is 9.98. The number of amides is 2. The van der Waals surface area contributed by atoms with E-state index in [2.05, 4.69) is 22.6 Å². The third-order valence-corrected chi connectivity index (χ3v) is 4.61. The second kappa shape index (κ2) is 5.60. The first-order chi connectivity index (χ1) is 10.0. The molecule has 1 aromatic carbocycles. The summed E-state index contributed by atoms with van der Waals surface area (Å²) in [6.45, 7) is 0. The van der Waals surface area contributed by atoms with E-state index in [1.54, 1.807) is 0 Å². The van der Waals surface area contributed by atoms with Crippen LogP contribution in [0.2, 0.25) is 0 Å². The molecule has 2 amide bonds. The summed E-state index contributed by atoms with van der Waals surface area (Å²) in [5.74, 6) is -1.43. The molecule has 0 saturated carbocycles. The highest BCUT2D eigenvalue weighted by molar-refractivity contribution is 5.89. The number of hydrogen-bond acceptors (Lipinski definition) is 2. The lowest BCUT2D eigenvalue weighted by molar-refractivity contribution is 0.151. The summed E-state index contributed by atoms with van der Waals surface area (Å²) in [5, 5.41) is 5.33. The van der Waals surface area contributed by atoms with E-state index in [-0.39, 0.29) is 11.7 Å². The van der Waals surface area contributed by atoms with Gasteiger partial charge in [-0.3, -0.25) is 0 Å². The third-order valence-electron chi connectivity index (χ3n) is 4.61. The van der Waals surface area contributed by atoms with Gasteiger partial charge in [-0.2, -0.15) is 0 Å². The average Bonchev–Trinajstić information content (AvgIpc) is 2.64. The number of hydrogen-bond donors (Lipinski definition) is 2. The number of nitrogens with zero attached hydrogens (tertiary/aromatic N) is 1. The van der Waals surface area contributed by atoms with Gasteiger partial charge in [0.25, 0.3) is 0 Å². The normalized spacial score (nSPS) is 28.4. The molecule has 2 unspecified atom stereocenters. The number of rotatable bonds is 2. The Bertz CT molecular complexity index is 538. The molecule has 2 heterocycles. The van der Waals surface area contributed by atoms with Crippen LogP contribution in [0.15, 0.2) is 18.2 Å². The van der Waals surface area contributed by atoms with E-state index >= 15 is 0 Å². The number of carbonyl (C=O) groups excluding carboxylic acids is 1. The van der Waals surface area contributed by atoms with Crippen molar-refractivity contribution in [2.24, 2.45) is 0 Å². The average molecular weight is 295 g/mol. The minimum absolute atomic E-state index is 0.00944. The van der Waals surface area contributed by atoms with Crippen molar-refractivity contribution >= 4 is 11.7 Å². The summed E-state index contributed by atoms with van der Waals surface area (Å²) in [6.07, 6.45) is 4.19. The second-order valence-electron chi connectivity index (χ2n) is 5.94. The van der Waals surface area contributed by atoms with Crippen molar-refractivity contribution in [3.63, 3.8) is 0 Å². The maximum Gasteiger partial charge on any atom is 0.319 e. The monoisotopic (exact) mass is 295 g/mol. The molecule has 0 radical (unpaired) electrons. The van der Waals surface area contributed by atoms with Crippen LogP contribution in [0.5, 0.6) is 0 Å². The fourth-order valence-corrected chi connectivity index (χ4v) is 3.46. The Morgan fingerprint density at radius 1 is 1.24 bits per heavy atom. The molecule has 2 saturated heterocycles. The number of nitrogens with one attached hydrogen (secondary N) is 2. The zero-order valence-electron chi connectivity index (χ0n) is 11.9. The third kappa shape index (κ3) is 3.00. The molecule has 2 atom stereocenters. The Hall–Kier alpha value is -1.69. The van der Waals surface area contributed by atoms with Gasteiger partial charge in [-0.15, -0.1) is 0 Å². The van der Waals surface area contributed by atoms with E-state index < -0.39 is 17.7 Å². The molecule has 0 aliphatic carbocycles. The van der Waals surface area contributed by atoms with Crippen molar-refractivity contribution in [2.45, 2.75) is 43.8 Å². The molecule has 2 N–H and O–H groups in total. The topological polar surface area (TPSA) is 44.4 Å². The van der Waals surface area contributed by atoms with Crippen molar-refractivity contribution < 1.29 is 13.6 Å². The molecule has 3 rings (SSSR count). The van der Waals surface area contributed by atoms with Crippen molar-refractivity contribution in [2.75, 3.05) is 12.4 Å². The first-order valence-corrected chi connectivity index (χ1v) is 7.27. The van der Waals surface area contributed by atoms with Crippen LogP contribution in [0.4, 0.5) is 19.3 Å². The minimum Gasteiger partial charge on any atom is -0.335 e. The van der Waals surface area contributed by atoms with Gasteiger partial charge < -0.3 is 15.5 Å². The van der Waals surface area contributed by atoms with Crippen molar-refractivity contribution in [1.82, 2.24) is 10.2 Å². The molecule has 2 aliphatic rings. The maximum absolute atomic E-state index is 13.5. The molecule has 0 spiro atoms. The second-order valence-corrected chi connectivity index (χ2v) is 5.94. The van der Waals surface area contributed by atoms with E-state index in [1.807, 2.05) is 0 Å². The predicted molar refractivity (Wildman–Crippen MR) is 76.1 cm³/mol. The van der Waals surface area contributed by atoms with Crippen LogP contribution in [-0.4, -0.2) is 36.1 Å². The largest absolute Gasteiger partial charge is 0.335 e. The number of fused-ring (bicyclic) bond motifs is 2. The molecule has 0 aromatic heterocycles. The van der Waals surface area contributed by atoms with Crippen molar-refractivity contribution in [3.05, 3.63) is 29.8 Å². The van der Waals surface area contributed by atoms with Crippen LogP contribution in [-0.2, 0) is 0 Å². The molecule has 2 aliphatic heterocycles. The summed E-state index contributed by atoms with van der Waals surface area (Å²) < 4.78 is 26.3. The minimum atomic E-state index is -0.770. The van der Waals surface area contributed by atoms with Gasteiger partial charge in [-0.25, -0.2) is 13.6 Å². The number of piperidine rings is 1. The maximum atomic E-state index is 13.5. The van der Waals surface area contributed by atoms with Gasteiger partial charge in [0.1, 0.15) is 11.6 Å². The lowest BCUT2D eigenvalue weighted by Crippen LogP contribution is -2.49. The van der Waals surface area contributed by atoms with E-state index in [9.17, 15) is 13.6 Å². The zero-order valence-corrected chi connectivity index (χ0v) is 11.9. The Kier molecular flexibility index (Phi) is 3.80. The first kappa shape index (κ1) is 14.3. The van der Waals surface area contributed by atoms with Gasteiger partial charge in [0.2, 0.25) is 0 Å². The van der Waals surface area contributed by atoms with E-state index in [1.165, 1.54) is 18.9 Å². The van der Waals surface area contributed by atoms with Crippen LogP contribution >= 0.6 is 0 Å². The zero-order chi connectivity index (χ0) is 15.0. The number of halogens is 2. The summed E-state index contributed by atoms with van der Waals surface area (Å²) in [4.78, 5) is 14.3. The lowest BCUT2D eigenvalue weighted by Gasteiger charge is -2.36. The number of anilines is 1. The Balaban J connectivity index is 1.57. The molecule has 2 bridgehead atoms. The van der Waals surface area contributed by atoms with Crippen LogP contribution in [0.25, 0.3) is 0 Å². The van der Waals surface area contributed by atoms with E-state index in [4.69, 9.17) is 0 Å². The summed E-state index contributed by atoms with van der Waals surface area (Å²) in [5.41, 5.74) is -0.00944. The Morgan fingerprint density at radius 2 is 1.90 bits per heavy atom. The fourth-order valence-electron chi connectivity index (χ4n) is 3.46. The van der Waals surface area contributed by atoms with Gasteiger partial charge in [-0.05, 0) is 44.9 Å². The van der Waals surface area contributed by atoms with E-state index in [0.29, 0.717) is 12.1 Å². The van der Waals surface area contributed by atoms with Crippen LogP contribution in [0.1, 0.15) is 25.7 Å². The van der Waals surface area contributed by atoms with Crippen LogP contribution in [0, 0.1) is 11.6 Å².